The molecule has 0 aromatic heterocycles. The van der Waals surface area contributed by atoms with Gasteiger partial charge in [0.05, 0.1) is 12.2 Å². The van der Waals surface area contributed by atoms with E-state index in [0.29, 0.717) is 6.61 Å². The third kappa shape index (κ3) is 1.89. The topological polar surface area (TPSA) is 49.7 Å². The van der Waals surface area contributed by atoms with Crippen LogP contribution >= 0.6 is 0 Å². The summed E-state index contributed by atoms with van der Waals surface area (Å²) < 4.78 is 5.21. The Kier molecular flexibility index (Phi) is 2.44. The molecule has 0 bridgehead atoms. The first-order valence-corrected chi connectivity index (χ1v) is 4.81. The second kappa shape index (κ2) is 3.59. The second-order valence-electron chi connectivity index (χ2n) is 3.63. The minimum absolute atomic E-state index is 0.0195. The van der Waals surface area contributed by atoms with Gasteiger partial charge in [-0.25, -0.2) is 0 Å². The van der Waals surface area contributed by atoms with Gasteiger partial charge in [0.25, 0.3) is 0 Å². The largest absolute Gasteiger partial charge is 0.491 e. The fourth-order valence-electron chi connectivity index (χ4n) is 1.43. The average molecular weight is 194 g/mol. The number of ether oxygens (including phenoxy) is 1. The lowest BCUT2D eigenvalue weighted by molar-refractivity contribution is 0.151. The highest BCUT2D eigenvalue weighted by Gasteiger charge is 2.41. The van der Waals surface area contributed by atoms with E-state index in [1.807, 2.05) is 24.3 Å². The molecule has 3 nitrogen and oxygen atoms in total. The quantitative estimate of drug-likeness (QED) is 0.753. The lowest BCUT2D eigenvalue weighted by atomic mass is 10.1. The van der Waals surface area contributed by atoms with Crippen LogP contribution in [-0.4, -0.2) is 23.4 Å². The zero-order chi connectivity index (χ0) is 10.0. The van der Waals surface area contributed by atoms with Crippen LogP contribution in [0.15, 0.2) is 24.3 Å². The molecule has 0 spiro atoms. The molecule has 1 saturated carbocycles. The van der Waals surface area contributed by atoms with Gasteiger partial charge in [-0.05, 0) is 30.5 Å². The molecule has 0 unspecified atom stereocenters. The SMILES string of the molecule is OCCOc1ccc(C2(O)CC2)cc1. The van der Waals surface area contributed by atoms with Crippen molar-refractivity contribution in [1.29, 1.82) is 0 Å². The zero-order valence-electron chi connectivity index (χ0n) is 7.94. The summed E-state index contributed by atoms with van der Waals surface area (Å²) in [5, 5.41) is 18.3. The summed E-state index contributed by atoms with van der Waals surface area (Å²) in [4.78, 5) is 0. The monoisotopic (exact) mass is 194 g/mol. The van der Waals surface area contributed by atoms with Gasteiger partial charge >= 0.3 is 0 Å². The van der Waals surface area contributed by atoms with Crippen LogP contribution in [0.3, 0.4) is 0 Å². The standard InChI is InChI=1S/C11H14O3/c12-7-8-14-10-3-1-9(2-4-10)11(13)5-6-11/h1-4,12-13H,5-8H2. The van der Waals surface area contributed by atoms with Crippen LogP contribution in [0.4, 0.5) is 0 Å². The summed E-state index contributed by atoms with van der Waals surface area (Å²) in [6, 6.07) is 7.39. The van der Waals surface area contributed by atoms with Crippen molar-refractivity contribution in [2.75, 3.05) is 13.2 Å². The highest BCUT2D eigenvalue weighted by molar-refractivity contribution is 5.33. The molecule has 0 atom stereocenters. The Morgan fingerprint density at radius 3 is 2.36 bits per heavy atom. The van der Waals surface area contributed by atoms with Gasteiger partial charge in [0.15, 0.2) is 0 Å². The van der Waals surface area contributed by atoms with E-state index < -0.39 is 5.60 Å². The van der Waals surface area contributed by atoms with Gasteiger partial charge in [0.2, 0.25) is 0 Å². The molecular weight excluding hydrogens is 180 g/mol. The molecule has 0 heterocycles. The Hall–Kier alpha value is -1.06. The Balaban J connectivity index is 2.03. The van der Waals surface area contributed by atoms with Gasteiger partial charge in [-0.2, -0.15) is 0 Å². The molecule has 1 aromatic carbocycles. The highest BCUT2D eigenvalue weighted by Crippen LogP contribution is 2.45. The van der Waals surface area contributed by atoms with Crippen LogP contribution < -0.4 is 4.74 Å². The molecule has 1 aromatic rings. The molecule has 2 rings (SSSR count). The van der Waals surface area contributed by atoms with Gasteiger partial charge in [0, 0.05) is 0 Å². The van der Waals surface area contributed by atoms with E-state index in [2.05, 4.69) is 0 Å². The van der Waals surface area contributed by atoms with Gasteiger partial charge in [-0.15, -0.1) is 0 Å². The molecule has 0 amide bonds. The van der Waals surface area contributed by atoms with Crippen LogP contribution in [0.5, 0.6) is 5.75 Å². The van der Waals surface area contributed by atoms with Crippen LogP contribution in [0, 0.1) is 0 Å². The first-order chi connectivity index (χ1) is 6.74. The van der Waals surface area contributed by atoms with Crippen molar-refractivity contribution in [3.8, 4) is 5.75 Å². The molecule has 2 N–H and O–H groups in total. The summed E-state index contributed by atoms with van der Waals surface area (Å²) in [7, 11) is 0. The lowest BCUT2D eigenvalue weighted by Crippen LogP contribution is -2.05. The van der Waals surface area contributed by atoms with E-state index >= 15 is 0 Å². The van der Waals surface area contributed by atoms with Gasteiger partial charge in [0.1, 0.15) is 12.4 Å². The van der Waals surface area contributed by atoms with Crippen LogP contribution in [-0.2, 0) is 5.60 Å². The molecule has 0 saturated heterocycles. The number of benzene rings is 1. The fraction of sp³-hybridized carbons (Fsp3) is 0.455. The summed E-state index contributed by atoms with van der Waals surface area (Å²) in [5.41, 5.74) is 0.379. The molecule has 76 valence electrons. The number of hydrogen-bond donors (Lipinski definition) is 2. The average Bonchev–Trinajstić information content (AvgIpc) is 2.96. The number of aliphatic hydroxyl groups is 2. The first kappa shape index (κ1) is 9.49. The van der Waals surface area contributed by atoms with Crippen molar-refractivity contribution >= 4 is 0 Å². The maximum absolute atomic E-state index is 9.79. The van der Waals surface area contributed by atoms with E-state index in [1.165, 1.54) is 0 Å². The summed E-state index contributed by atoms with van der Waals surface area (Å²) in [6.45, 7) is 0.329. The predicted molar refractivity (Wildman–Crippen MR) is 52.2 cm³/mol. The molecule has 3 heteroatoms. The van der Waals surface area contributed by atoms with E-state index in [0.717, 1.165) is 24.2 Å². The van der Waals surface area contributed by atoms with Gasteiger partial charge in [-0.1, -0.05) is 12.1 Å². The first-order valence-electron chi connectivity index (χ1n) is 4.81. The summed E-state index contributed by atoms with van der Waals surface area (Å²) in [5.74, 6) is 0.729. The fourth-order valence-corrected chi connectivity index (χ4v) is 1.43. The van der Waals surface area contributed by atoms with E-state index in [9.17, 15) is 5.11 Å². The molecular formula is C11H14O3. The predicted octanol–water partition coefficient (Wildman–Crippen LogP) is 1.04. The molecule has 14 heavy (non-hydrogen) atoms. The molecule has 1 fully saturated rings. The van der Waals surface area contributed by atoms with Gasteiger partial charge < -0.3 is 14.9 Å². The Morgan fingerprint density at radius 2 is 1.86 bits per heavy atom. The van der Waals surface area contributed by atoms with Crippen LogP contribution in [0.1, 0.15) is 18.4 Å². The van der Waals surface area contributed by atoms with Crippen molar-refractivity contribution in [3.63, 3.8) is 0 Å². The molecule has 0 aliphatic heterocycles. The Morgan fingerprint density at radius 1 is 1.21 bits per heavy atom. The van der Waals surface area contributed by atoms with E-state index in [-0.39, 0.29) is 6.61 Å². The number of aliphatic hydroxyl groups excluding tert-OH is 1. The Labute approximate surface area is 83.0 Å². The van der Waals surface area contributed by atoms with E-state index in [1.54, 1.807) is 0 Å². The third-order valence-corrected chi connectivity index (χ3v) is 2.48. The number of rotatable bonds is 4. The second-order valence-corrected chi connectivity index (χ2v) is 3.63. The van der Waals surface area contributed by atoms with Crippen molar-refractivity contribution in [3.05, 3.63) is 29.8 Å². The van der Waals surface area contributed by atoms with E-state index in [4.69, 9.17) is 9.84 Å². The molecule has 1 aliphatic rings. The normalized spacial score (nSPS) is 17.9. The minimum atomic E-state index is -0.574. The zero-order valence-corrected chi connectivity index (χ0v) is 7.94. The number of hydrogen-bond acceptors (Lipinski definition) is 3. The maximum atomic E-state index is 9.79. The maximum Gasteiger partial charge on any atom is 0.119 e. The van der Waals surface area contributed by atoms with Gasteiger partial charge in [-0.3, -0.25) is 0 Å². The lowest BCUT2D eigenvalue weighted by Gasteiger charge is -2.09. The third-order valence-electron chi connectivity index (χ3n) is 2.48. The van der Waals surface area contributed by atoms with Crippen LogP contribution in [0.2, 0.25) is 0 Å². The molecule has 1 aliphatic carbocycles. The van der Waals surface area contributed by atoms with Crippen molar-refractivity contribution in [2.24, 2.45) is 0 Å². The van der Waals surface area contributed by atoms with Crippen LogP contribution in [0.25, 0.3) is 0 Å². The molecule has 0 radical (unpaired) electrons. The Bertz CT molecular complexity index is 301. The summed E-state index contributed by atoms with van der Waals surface area (Å²) in [6.07, 6.45) is 1.70. The van der Waals surface area contributed by atoms with Crippen molar-refractivity contribution in [2.45, 2.75) is 18.4 Å². The summed E-state index contributed by atoms with van der Waals surface area (Å²) >= 11 is 0. The smallest absolute Gasteiger partial charge is 0.119 e. The highest BCUT2D eigenvalue weighted by atomic mass is 16.5. The van der Waals surface area contributed by atoms with Crippen molar-refractivity contribution < 1.29 is 14.9 Å². The minimum Gasteiger partial charge on any atom is -0.491 e. The van der Waals surface area contributed by atoms with Crippen molar-refractivity contribution in [1.82, 2.24) is 0 Å².